The molecule has 0 saturated carbocycles. The van der Waals surface area contributed by atoms with E-state index in [2.05, 4.69) is 42.5 Å². The Balaban J connectivity index is 1.56. The van der Waals surface area contributed by atoms with E-state index in [1.807, 2.05) is 12.3 Å². The number of likely N-dealkylation sites (tertiary alicyclic amines) is 1. The average Bonchev–Trinajstić information content (AvgIpc) is 3.18. The van der Waals surface area contributed by atoms with Crippen LogP contribution in [-0.2, 0) is 16.1 Å². The van der Waals surface area contributed by atoms with E-state index in [4.69, 9.17) is 9.72 Å². The second kappa shape index (κ2) is 6.02. The van der Waals surface area contributed by atoms with Crippen molar-refractivity contribution in [2.24, 2.45) is 5.92 Å². The van der Waals surface area contributed by atoms with Gasteiger partial charge in [0.25, 0.3) is 0 Å². The third-order valence-corrected chi connectivity index (χ3v) is 5.98. The molecule has 25 heavy (non-hydrogen) atoms. The van der Waals surface area contributed by atoms with Crippen molar-refractivity contribution in [3.05, 3.63) is 23.8 Å². The lowest BCUT2D eigenvalue weighted by atomic mass is 10.0. The highest BCUT2D eigenvalue weighted by atomic mass is 16.5. The molecular weight excluding hydrogens is 316 g/mol. The first-order chi connectivity index (χ1) is 11.9. The number of amides is 1. The molecule has 1 aromatic rings. The van der Waals surface area contributed by atoms with Gasteiger partial charge in [-0.3, -0.25) is 9.69 Å². The molecule has 1 amide bonds. The third kappa shape index (κ3) is 2.57. The maximum atomic E-state index is 12.7. The topological polar surface area (TPSA) is 58.6 Å². The molecule has 6 nitrogen and oxygen atoms in total. The van der Waals surface area contributed by atoms with Gasteiger partial charge in [0.05, 0.1) is 24.4 Å². The number of hydrogen-bond acceptors (Lipinski definition) is 5. The van der Waals surface area contributed by atoms with Crippen LogP contribution in [0.5, 0.6) is 0 Å². The molecule has 4 rings (SSSR count). The normalized spacial score (nSPS) is 32.1. The fraction of sp³-hybridized carbons (Fsp3) is 0.737. The molecule has 0 aliphatic carbocycles. The Morgan fingerprint density at radius 1 is 1.36 bits per heavy atom. The van der Waals surface area contributed by atoms with Gasteiger partial charge in [0.15, 0.2) is 5.72 Å². The number of hydrogen-bond donors (Lipinski definition) is 0. The number of carbonyl (C=O) groups excluding carboxylic acids is 1. The summed E-state index contributed by atoms with van der Waals surface area (Å²) in [5, 5.41) is 0. The van der Waals surface area contributed by atoms with Crippen molar-refractivity contribution in [3.8, 4) is 0 Å². The van der Waals surface area contributed by atoms with E-state index >= 15 is 0 Å². The lowest BCUT2D eigenvalue weighted by Crippen LogP contribution is -2.50. The molecule has 1 aromatic heterocycles. The Hall–Kier alpha value is -1.53. The van der Waals surface area contributed by atoms with Crippen LogP contribution in [0, 0.1) is 5.92 Å². The molecule has 3 atom stereocenters. The fourth-order valence-electron chi connectivity index (χ4n) is 4.63. The van der Waals surface area contributed by atoms with E-state index in [1.165, 1.54) is 0 Å². The molecule has 4 heterocycles. The highest BCUT2D eigenvalue weighted by Gasteiger charge is 2.64. The minimum atomic E-state index is -0.403. The predicted molar refractivity (Wildman–Crippen MR) is 93.7 cm³/mol. The first kappa shape index (κ1) is 16.9. The summed E-state index contributed by atoms with van der Waals surface area (Å²) in [4.78, 5) is 26.2. The van der Waals surface area contributed by atoms with Crippen molar-refractivity contribution in [1.82, 2.24) is 19.8 Å². The van der Waals surface area contributed by atoms with Crippen LogP contribution in [0.15, 0.2) is 12.3 Å². The predicted octanol–water partition coefficient (Wildman–Crippen LogP) is 2.16. The van der Waals surface area contributed by atoms with Gasteiger partial charge in [-0.15, -0.1) is 0 Å². The molecule has 0 radical (unpaired) electrons. The van der Waals surface area contributed by atoms with Crippen LogP contribution in [0.4, 0.5) is 0 Å². The van der Waals surface area contributed by atoms with Crippen molar-refractivity contribution >= 4 is 5.91 Å². The zero-order valence-corrected chi connectivity index (χ0v) is 15.6. The van der Waals surface area contributed by atoms with E-state index in [0.29, 0.717) is 24.9 Å². The Labute approximate surface area is 149 Å². The minimum absolute atomic E-state index is 0.140. The minimum Gasteiger partial charge on any atom is -0.352 e. The summed E-state index contributed by atoms with van der Waals surface area (Å²) < 4.78 is 6.29. The van der Waals surface area contributed by atoms with Crippen molar-refractivity contribution in [2.45, 2.75) is 70.8 Å². The number of carbonyl (C=O) groups is 1. The molecule has 6 heteroatoms. The van der Waals surface area contributed by atoms with Gasteiger partial charge in [-0.1, -0.05) is 27.7 Å². The van der Waals surface area contributed by atoms with Crippen LogP contribution in [0.3, 0.4) is 0 Å². The number of rotatable bonds is 4. The second-order valence-electron chi connectivity index (χ2n) is 8.23. The average molecular weight is 344 g/mol. The van der Waals surface area contributed by atoms with Crippen LogP contribution in [-0.4, -0.2) is 56.6 Å². The molecule has 1 spiro atoms. The zero-order chi connectivity index (χ0) is 17.8. The summed E-state index contributed by atoms with van der Waals surface area (Å²) in [7, 11) is 0. The molecule has 0 bridgehead atoms. The highest BCUT2D eigenvalue weighted by Crippen LogP contribution is 2.49. The van der Waals surface area contributed by atoms with E-state index in [9.17, 15) is 4.79 Å². The van der Waals surface area contributed by atoms with E-state index in [1.54, 1.807) is 0 Å². The van der Waals surface area contributed by atoms with Gasteiger partial charge in [-0.2, -0.15) is 0 Å². The summed E-state index contributed by atoms with van der Waals surface area (Å²) >= 11 is 0. The largest absolute Gasteiger partial charge is 0.352 e. The van der Waals surface area contributed by atoms with Crippen molar-refractivity contribution < 1.29 is 9.53 Å². The van der Waals surface area contributed by atoms with Crippen molar-refractivity contribution in [2.75, 3.05) is 13.2 Å². The molecule has 0 N–H and O–H groups in total. The van der Waals surface area contributed by atoms with E-state index < -0.39 is 5.72 Å². The zero-order valence-electron chi connectivity index (χ0n) is 15.6. The monoisotopic (exact) mass is 344 g/mol. The van der Waals surface area contributed by atoms with Crippen LogP contribution < -0.4 is 0 Å². The van der Waals surface area contributed by atoms with Crippen molar-refractivity contribution in [3.63, 3.8) is 0 Å². The van der Waals surface area contributed by atoms with Gasteiger partial charge >= 0.3 is 0 Å². The molecule has 3 aliphatic rings. The highest BCUT2D eigenvalue weighted by molar-refractivity contribution is 5.82. The summed E-state index contributed by atoms with van der Waals surface area (Å²) in [5.74, 6) is 1.87. The van der Waals surface area contributed by atoms with Gasteiger partial charge in [0, 0.05) is 38.0 Å². The lowest BCUT2D eigenvalue weighted by Gasteiger charge is -2.34. The van der Waals surface area contributed by atoms with Crippen LogP contribution in [0.25, 0.3) is 0 Å². The molecular formula is C19H28N4O2. The maximum Gasteiger partial charge on any atom is 0.226 e. The lowest BCUT2D eigenvalue weighted by molar-refractivity contribution is -0.139. The molecule has 0 unspecified atom stereocenters. The molecule has 3 aliphatic heterocycles. The Morgan fingerprint density at radius 2 is 2.16 bits per heavy atom. The van der Waals surface area contributed by atoms with Gasteiger partial charge in [0.1, 0.15) is 5.82 Å². The molecule has 3 fully saturated rings. The number of nitrogens with zero attached hydrogens (tertiary/aromatic N) is 4. The fourth-order valence-corrected chi connectivity index (χ4v) is 4.63. The Bertz CT molecular complexity index is 677. The summed E-state index contributed by atoms with van der Waals surface area (Å²) in [6, 6.07) is 2.34. The molecule has 136 valence electrons. The SMILES string of the molecule is CC(C)c1nccc(CN2CC[C@@]34OC[C@@H](C(C)C)N3C(=O)C[C@@H]24)n1. The quantitative estimate of drug-likeness (QED) is 0.838. The molecule has 0 aromatic carbocycles. The van der Waals surface area contributed by atoms with Gasteiger partial charge in [-0.05, 0) is 12.0 Å². The number of ether oxygens (including phenoxy) is 1. The van der Waals surface area contributed by atoms with Crippen LogP contribution >= 0.6 is 0 Å². The second-order valence-corrected chi connectivity index (χ2v) is 8.23. The van der Waals surface area contributed by atoms with Gasteiger partial charge in [0.2, 0.25) is 5.91 Å². The van der Waals surface area contributed by atoms with Crippen LogP contribution in [0.2, 0.25) is 0 Å². The van der Waals surface area contributed by atoms with Gasteiger partial charge in [-0.25, -0.2) is 9.97 Å². The summed E-state index contributed by atoms with van der Waals surface area (Å²) in [6.45, 7) is 10.9. The summed E-state index contributed by atoms with van der Waals surface area (Å²) in [6.07, 6.45) is 3.30. The van der Waals surface area contributed by atoms with E-state index in [-0.39, 0.29) is 18.0 Å². The Morgan fingerprint density at radius 3 is 2.88 bits per heavy atom. The maximum absolute atomic E-state index is 12.7. The van der Waals surface area contributed by atoms with Crippen LogP contribution in [0.1, 0.15) is 58.0 Å². The summed E-state index contributed by atoms with van der Waals surface area (Å²) in [5.41, 5.74) is 0.625. The Kier molecular flexibility index (Phi) is 4.07. The van der Waals surface area contributed by atoms with Gasteiger partial charge < -0.3 is 9.64 Å². The number of aromatic nitrogens is 2. The smallest absolute Gasteiger partial charge is 0.226 e. The third-order valence-electron chi connectivity index (χ3n) is 5.98. The van der Waals surface area contributed by atoms with Crippen molar-refractivity contribution in [1.29, 1.82) is 0 Å². The first-order valence-corrected chi connectivity index (χ1v) is 9.44. The van der Waals surface area contributed by atoms with E-state index in [0.717, 1.165) is 31.0 Å². The first-order valence-electron chi connectivity index (χ1n) is 9.44. The standard InChI is InChI=1S/C19H28N4O2/c1-12(2)15-11-25-19-6-8-22(16(19)9-17(24)23(15)19)10-14-5-7-20-18(21-14)13(3)4/h5,7,12-13,15-16H,6,8-11H2,1-4H3/t15-,16+,19-/m0/s1. The molecule has 3 saturated heterocycles.